The molecule has 0 unspecified atom stereocenters. The Morgan fingerprint density at radius 2 is 2.07 bits per heavy atom. The number of aromatic nitrogens is 2. The smallest absolute Gasteiger partial charge is 0.233 e. The summed E-state index contributed by atoms with van der Waals surface area (Å²) < 4.78 is 10.8. The first-order valence-electron chi connectivity index (χ1n) is 8.88. The molecule has 1 N–H and O–H groups in total. The average Bonchev–Trinajstić information content (AvgIpc) is 3.29. The molecule has 2 aromatic carbocycles. The zero-order chi connectivity index (χ0) is 18.8. The molecule has 0 spiro atoms. The molecule has 0 fully saturated rings. The lowest BCUT2D eigenvalue weighted by Crippen LogP contribution is -2.31. The molecule has 4 rings (SSSR count). The molecule has 1 amide bonds. The summed E-state index contributed by atoms with van der Waals surface area (Å²) in [6.07, 6.45) is 0. The van der Waals surface area contributed by atoms with Gasteiger partial charge in [0, 0.05) is 13.1 Å². The monoisotopic (exact) mass is 383 g/mol. The second-order valence-corrected chi connectivity index (χ2v) is 7.41. The van der Waals surface area contributed by atoms with E-state index in [1.54, 1.807) is 0 Å². The molecule has 0 aliphatic carbocycles. The third kappa shape index (κ3) is 3.88. The van der Waals surface area contributed by atoms with Crippen molar-refractivity contribution in [1.82, 2.24) is 14.9 Å². The van der Waals surface area contributed by atoms with Crippen molar-refractivity contribution in [3.63, 3.8) is 0 Å². The number of thioether (sulfide) groups is 1. The van der Waals surface area contributed by atoms with Gasteiger partial charge >= 0.3 is 0 Å². The number of benzene rings is 2. The van der Waals surface area contributed by atoms with Gasteiger partial charge in [-0.3, -0.25) is 4.79 Å². The molecule has 0 atom stereocenters. The molecular weight excluding hydrogens is 362 g/mol. The number of fused-ring (bicyclic) bond motifs is 2. The Balaban J connectivity index is 1.39. The van der Waals surface area contributed by atoms with E-state index in [1.165, 1.54) is 17.3 Å². The number of carbonyl (C=O) groups is 1. The molecule has 2 heterocycles. The summed E-state index contributed by atoms with van der Waals surface area (Å²) >= 11 is 1.43. The van der Waals surface area contributed by atoms with E-state index < -0.39 is 0 Å². The Morgan fingerprint density at radius 3 is 2.93 bits per heavy atom. The molecular formula is C20H21N3O3S. The van der Waals surface area contributed by atoms with Crippen LogP contribution in [0.5, 0.6) is 11.5 Å². The fourth-order valence-electron chi connectivity index (χ4n) is 3.03. The van der Waals surface area contributed by atoms with E-state index in [-0.39, 0.29) is 12.7 Å². The molecule has 1 aromatic heterocycles. The number of carbonyl (C=O) groups excluding carboxylic acids is 1. The van der Waals surface area contributed by atoms with Crippen LogP contribution in [-0.2, 0) is 11.3 Å². The maximum Gasteiger partial charge on any atom is 0.233 e. The second-order valence-electron chi connectivity index (χ2n) is 6.45. The van der Waals surface area contributed by atoms with Gasteiger partial charge in [0.25, 0.3) is 0 Å². The maximum absolute atomic E-state index is 12.7. The summed E-state index contributed by atoms with van der Waals surface area (Å²) in [5, 5.41) is 0.767. The molecule has 6 nitrogen and oxygen atoms in total. The van der Waals surface area contributed by atoms with Crippen LogP contribution in [0.2, 0.25) is 0 Å². The van der Waals surface area contributed by atoms with Crippen LogP contribution in [0.1, 0.15) is 18.1 Å². The van der Waals surface area contributed by atoms with E-state index in [9.17, 15) is 4.79 Å². The van der Waals surface area contributed by atoms with Crippen LogP contribution in [-0.4, -0.2) is 39.9 Å². The van der Waals surface area contributed by atoms with E-state index in [0.29, 0.717) is 18.8 Å². The summed E-state index contributed by atoms with van der Waals surface area (Å²) in [4.78, 5) is 22.3. The van der Waals surface area contributed by atoms with Crippen molar-refractivity contribution in [1.29, 1.82) is 0 Å². The SMILES string of the molecule is CCN(Cc1ccc2c(c1)OCO2)C(=O)CSc1nc2ccc(C)cc2[nH]1. The van der Waals surface area contributed by atoms with Crippen LogP contribution in [0.3, 0.4) is 0 Å². The predicted molar refractivity (Wildman–Crippen MR) is 105 cm³/mol. The third-order valence-corrected chi connectivity index (χ3v) is 5.35. The van der Waals surface area contributed by atoms with E-state index in [2.05, 4.69) is 16.0 Å². The molecule has 3 aromatic rings. The molecule has 0 bridgehead atoms. The molecule has 140 valence electrons. The van der Waals surface area contributed by atoms with Crippen molar-refractivity contribution < 1.29 is 14.3 Å². The van der Waals surface area contributed by atoms with Gasteiger partial charge in [-0.05, 0) is 49.2 Å². The van der Waals surface area contributed by atoms with Crippen LogP contribution in [0.25, 0.3) is 11.0 Å². The van der Waals surface area contributed by atoms with E-state index in [0.717, 1.165) is 33.3 Å². The van der Waals surface area contributed by atoms with Crippen molar-refractivity contribution in [3.05, 3.63) is 47.5 Å². The number of ether oxygens (including phenoxy) is 2. The van der Waals surface area contributed by atoms with Crippen LogP contribution in [0.15, 0.2) is 41.6 Å². The van der Waals surface area contributed by atoms with E-state index in [4.69, 9.17) is 9.47 Å². The molecule has 0 radical (unpaired) electrons. The number of rotatable bonds is 6. The number of H-pyrrole nitrogens is 1. The summed E-state index contributed by atoms with van der Waals surface area (Å²) in [6.45, 7) is 5.48. The maximum atomic E-state index is 12.7. The highest BCUT2D eigenvalue weighted by molar-refractivity contribution is 7.99. The van der Waals surface area contributed by atoms with Gasteiger partial charge in [0.2, 0.25) is 12.7 Å². The summed E-state index contributed by atoms with van der Waals surface area (Å²) in [5.41, 5.74) is 4.12. The molecule has 0 saturated carbocycles. The van der Waals surface area contributed by atoms with Crippen LogP contribution >= 0.6 is 11.8 Å². The van der Waals surface area contributed by atoms with Crippen LogP contribution in [0, 0.1) is 6.92 Å². The minimum atomic E-state index is 0.0804. The molecule has 7 heteroatoms. The zero-order valence-corrected chi connectivity index (χ0v) is 16.1. The first-order valence-corrected chi connectivity index (χ1v) is 9.86. The van der Waals surface area contributed by atoms with Gasteiger partial charge < -0.3 is 19.4 Å². The van der Waals surface area contributed by atoms with Gasteiger partial charge in [-0.25, -0.2) is 4.98 Å². The van der Waals surface area contributed by atoms with Gasteiger partial charge in [0.05, 0.1) is 16.8 Å². The molecule has 0 saturated heterocycles. The highest BCUT2D eigenvalue weighted by atomic mass is 32.2. The Kier molecular flexibility index (Phi) is 4.94. The lowest BCUT2D eigenvalue weighted by atomic mass is 10.2. The summed E-state index contributed by atoms with van der Waals surface area (Å²) in [5.74, 6) is 1.92. The number of amides is 1. The summed E-state index contributed by atoms with van der Waals surface area (Å²) in [7, 11) is 0. The van der Waals surface area contributed by atoms with Crippen LogP contribution in [0.4, 0.5) is 0 Å². The predicted octanol–water partition coefficient (Wildman–Crippen LogP) is 3.74. The van der Waals surface area contributed by atoms with Crippen LogP contribution < -0.4 is 9.47 Å². The highest BCUT2D eigenvalue weighted by Crippen LogP contribution is 2.32. The minimum absolute atomic E-state index is 0.0804. The summed E-state index contributed by atoms with van der Waals surface area (Å²) in [6, 6.07) is 11.9. The number of nitrogens with one attached hydrogen (secondary N) is 1. The Labute approximate surface area is 161 Å². The first kappa shape index (κ1) is 17.7. The largest absolute Gasteiger partial charge is 0.454 e. The Hall–Kier alpha value is -2.67. The lowest BCUT2D eigenvalue weighted by molar-refractivity contribution is -0.128. The van der Waals surface area contributed by atoms with Crippen molar-refractivity contribution in [3.8, 4) is 11.5 Å². The number of nitrogens with zero attached hydrogens (tertiary/aromatic N) is 2. The highest BCUT2D eigenvalue weighted by Gasteiger charge is 2.17. The minimum Gasteiger partial charge on any atom is -0.454 e. The average molecular weight is 383 g/mol. The normalized spacial score (nSPS) is 12.5. The van der Waals surface area contributed by atoms with E-state index >= 15 is 0 Å². The van der Waals surface area contributed by atoms with Crippen molar-refractivity contribution >= 4 is 28.7 Å². The van der Waals surface area contributed by atoms with Gasteiger partial charge in [0.1, 0.15) is 0 Å². The van der Waals surface area contributed by atoms with Crippen molar-refractivity contribution in [2.75, 3.05) is 19.1 Å². The molecule has 1 aliphatic heterocycles. The number of imidazole rings is 1. The van der Waals surface area contributed by atoms with E-state index in [1.807, 2.05) is 49.1 Å². The number of aryl methyl sites for hydroxylation is 1. The van der Waals surface area contributed by atoms with Gasteiger partial charge in [-0.15, -0.1) is 0 Å². The van der Waals surface area contributed by atoms with Gasteiger partial charge in [-0.2, -0.15) is 0 Å². The van der Waals surface area contributed by atoms with Crippen molar-refractivity contribution in [2.24, 2.45) is 0 Å². The second kappa shape index (κ2) is 7.52. The molecule has 1 aliphatic rings. The van der Waals surface area contributed by atoms with Gasteiger partial charge in [-0.1, -0.05) is 23.9 Å². The number of hydrogen-bond acceptors (Lipinski definition) is 5. The Morgan fingerprint density at radius 1 is 1.22 bits per heavy atom. The lowest BCUT2D eigenvalue weighted by Gasteiger charge is -2.20. The Bertz CT molecular complexity index is 986. The zero-order valence-electron chi connectivity index (χ0n) is 15.3. The quantitative estimate of drug-likeness (QED) is 0.657. The molecule has 27 heavy (non-hydrogen) atoms. The number of hydrogen-bond donors (Lipinski definition) is 1. The third-order valence-electron chi connectivity index (χ3n) is 4.49. The first-order chi connectivity index (χ1) is 13.1. The fourth-order valence-corrected chi connectivity index (χ4v) is 3.81. The number of aromatic amines is 1. The topological polar surface area (TPSA) is 67.5 Å². The van der Waals surface area contributed by atoms with Crippen molar-refractivity contribution in [2.45, 2.75) is 25.5 Å². The standard InChI is InChI=1S/C20H21N3O3S/c1-3-23(10-14-5-7-17-18(9-14)26-12-25-17)19(24)11-27-20-21-15-6-4-13(2)8-16(15)22-20/h4-9H,3,10-12H2,1-2H3,(H,21,22). The fraction of sp³-hybridized carbons (Fsp3) is 0.300. The van der Waals surface area contributed by atoms with Gasteiger partial charge in [0.15, 0.2) is 16.7 Å².